The van der Waals surface area contributed by atoms with Crippen LogP contribution in [0.15, 0.2) is 12.1 Å². The largest absolute Gasteiger partial charge is 0.379 e. The van der Waals surface area contributed by atoms with Crippen LogP contribution in [0.25, 0.3) is 0 Å². The van der Waals surface area contributed by atoms with Gasteiger partial charge in [-0.25, -0.2) is 13.2 Å². The molecule has 0 aromatic heterocycles. The van der Waals surface area contributed by atoms with Gasteiger partial charge in [-0.15, -0.1) is 0 Å². The minimum atomic E-state index is -1.14. The Morgan fingerprint density at radius 1 is 0.875 bits per heavy atom. The standard InChI is InChI=1S/C17H27F3O3Si/c1-3-21-17(22-4-2)23-24-10-8-6-5-7-9-13-11-15(19)16(20)12-14(13)18/h11-12,17H,3-10,24H2,1-2H3. The predicted octanol–water partition coefficient (Wildman–Crippen LogP) is 4.08. The van der Waals surface area contributed by atoms with E-state index in [1.54, 1.807) is 0 Å². The van der Waals surface area contributed by atoms with Crippen LogP contribution in [0, 0.1) is 17.5 Å². The summed E-state index contributed by atoms with van der Waals surface area (Å²) in [6.07, 6.45) is 4.15. The summed E-state index contributed by atoms with van der Waals surface area (Å²) >= 11 is 0. The summed E-state index contributed by atoms with van der Waals surface area (Å²) in [6.45, 7) is 4.36. The number of halogens is 3. The van der Waals surface area contributed by atoms with Gasteiger partial charge in [-0.05, 0) is 44.4 Å². The van der Waals surface area contributed by atoms with Gasteiger partial charge in [0.2, 0.25) is 0 Å². The van der Waals surface area contributed by atoms with Crippen LogP contribution in [0.2, 0.25) is 6.04 Å². The Kier molecular flexibility index (Phi) is 11.0. The van der Waals surface area contributed by atoms with Gasteiger partial charge in [0.05, 0.1) is 0 Å². The van der Waals surface area contributed by atoms with Crippen LogP contribution in [0.1, 0.15) is 45.1 Å². The molecule has 1 aromatic carbocycles. The second-order valence-corrected chi connectivity index (χ2v) is 6.89. The fourth-order valence-electron chi connectivity index (χ4n) is 2.30. The summed E-state index contributed by atoms with van der Waals surface area (Å²) in [5.41, 5.74) is 0.239. The third-order valence-electron chi connectivity index (χ3n) is 3.54. The number of unbranched alkanes of at least 4 members (excludes halogenated alkanes) is 3. The number of aryl methyl sites for hydroxylation is 1. The van der Waals surface area contributed by atoms with E-state index >= 15 is 0 Å². The molecule has 0 bridgehead atoms. The first-order valence-corrected chi connectivity index (χ1v) is 10.1. The molecule has 0 saturated carbocycles. The van der Waals surface area contributed by atoms with Crippen LogP contribution >= 0.6 is 0 Å². The van der Waals surface area contributed by atoms with Crippen molar-refractivity contribution in [3.8, 4) is 0 Å². The van der Waals surface area contributed by atoms with Crippen molar-refractivity contribution in [1.29, 1.82) is 0 Å². The van der Waals surface area contributed by atoms with Gasteiger partial charge >= 0.3 is 0 Å². The smallest absolute Gasteiger partial charge is 0.261 e. The normalized spacial score (nSPS) is 11.9. The molecule has 24 heavy (non-hydrogen) atoms. The summed E-state index contributed by atoms with van der Waals surface area (Å²) in [7, 11) is -0.679. The minimum absolute atomic E-state index is 0.239. The number of hydrogen-bond acceptors (Lipinski definition) is 3. The van der Waals surface area contributed by atoms with E-state index in [1.165, 1.54) is 0 Å². The number of rotatable bonds is 13. The molecule has 0 N–H and O–H groups in total. The van der Waals surface area contributed by atoms with Gasteiger partial charge in [0.15, 0.2) is 21.4 Å². The SMILES string of the molecule is CCOC(OCC)O[SiH2]CCCCCCc1cc(F)c(F)cc1F. The molecule has 1 aromatic rings. The first kappa shape index (κ1) is 21.2. The third-order valence-corrected chi connectivity index (χ3v) is 4.84. The highest BCUT2D eigenvalue weighted by molar-refractivity contribution is 6.27. The molecule has 138 valence electrons. The Bertz CT molecular complexity index is 469. The molecular formula is C17H27F3O3Si. The summed E-state index contributed by atoms with van der Waals surface area (Å²) in [5.74, 6) is -2.81. The molecule has 3 nitrogen and oxygen atoms in total. The van der Waals surface area contributed by atoms with Crippen molar-refractivity contribution in [2.75, 3.05) is 13.2 Å². The van der Waals surface area contributed by atoms with Gasteiger partial charge in [0, 0.05) is 19.3 Å². The van der Waals surface area contributed by atoms with E-state index in [0.29, 0.717) is 25.7 Å². The summed E-state index contributed by atoms with van der Waals surface area (Å²) in [4.78, 5) is 0. The molecule has 0 fully saturated rings. The lowest BCUT2D eigenvalue weighted by molar-refractivity contribution is -0.243. The monoisotopic (exact) mass is 364 g/mol. The van der Waals surface area contributed by atoms with Crippen molar-refractivity contribution >= 4 is 9.76 Å². The van der Waals surface area contributed by atoms with E-state index in [1.807, 2.05) is 13.8 Å². The molecule has 7 heteroatoms. The number of benzene rings is 1. The zero-order valence-corrected chi connectivity index (χ0v) is 15.9. The molecule has 0 unspecified atom stereocenters. The van der Waals surface area contributed by atoms with E-state index < -0.39 is 33.7 Å². The van der Waals surface area contributed by atoms with Crippen LogP contribution < -0.4 is 0 Å². The van der Waals surface area contributed by atoms with Crippen molar-refractivity contribution in [3.05, 3.63) is 35.1 Å². The van der Waals surface area contributed by atoms with E-state index in [-0.39, 0.29) is 5.56 Å². The minimum Gasteiger partial charge on any atom is -0.379 e. The first-order valence-electron chi connectivity index (χ1n) is 8.56. The molecule has 0 aliphatic carbocycles. The van der Waals surface area contributed by atoms with Crippen LogP contribution in [-0.2, 0) is 20.3 Å². The van der Waals surface area contributed by atoms with Crippen LogP contribution in [-0.4, -0.2) is 29.5 Å². The van der Waals surface area contributed by atoms with Crippen molar-refractivity contribution in [1.82, 2.24) is 0 Å². The lowest BCUT2D eigenvalue weighted by atomic mass is 10.1. The Morgan fingerprint density at radius 2 is 1.50 bits per heavy atom. The van der Waals surface area contributed by atoms with Crippen LogP contribution in [0.3, 0.4) is 0 Å². The fraction of sp³-hybridized carbons (Fsp3) is 0.647. The molecule has 0 atom stereocenters. The number of hydrogen-bond donors (Lipinski definition) is 0. The first-order chi connectivity index (χ1) is 11.6. The second kappa shape index (κ2) is 12.5. The van der Waals surface area contributed by atoms with Gasteiger partial charge in [-0.2, -0.15) is 0 Å². The average molecular weight is 364 g/mol. The molecule has 0 amide bonds. The molecule has 0 aliphatic heterocycles. The van der Waals surface area contributed by atoms with Gasteiger partial charge in [0.25, 0.3) is 6.48 Å². The molecule has 1 rings (SSSR count). The van der Waals surface area contributed by atoms with Gasteiger partial charge in [-0.3, -0.25) is 0 Å². The Labute approximate surface area is 144 Å². The Balaban J connectivity index is 2.09. The quantitative estimate of drug-likeness (QED) is 0.228. The average Bonchev–Trinajstić information content (AvgIpc) is 2.54. The van der Waals surface area contributed by atoms with Crippen LogP contribution in [0.5, 0.6) is 0 Å². The van der Waals surface area contributed by atoms with E-state index in [0.717, 1.165) is 37.8 Å². The second-order valence-electron chi connectivity index (χ2n) is 5.45. The predicted molar refractivity (Wildman–Crippen MR) is 90.0 cm³/mol. The van der Waals surface area contributed by atoms with Gasteiger partial charge < -0.3 is 13.9 Å². The maximum Gasteiger partial charge on any atom is 0.261 e. The Morgan fingerprint density at radius 3 is 2.17 bits per heavy atom. The maximum absolute atomic E-state index is 13.5. The zero-order valence-electron chi connectivity index (χ0n) is 14.5. The van der Waals surface area contributed by atoms with Crippen molar-refractivity contribution in [2.45, 2.75) is 58.5 Å². The summed E-state index contributed by atoms with van der Waals surface area (Å²) in [5, 5.41) is 0. The highest BCUT2D eigenvalue weighted by Gasteiger charge is 2.09. The zero-order chi connectivity index (χ0) is 17.8. The molecule has 0 radical (unpaired) electrons. The highest BCUT2D eigenvalue weighted by atomic mass is 28.2. The van der Waals surface area contributed by atoms with Crippen molar-refractivity contribution in [3.63, 3.8) is 0 Å². The van der Waals surface area contributed by atoms with Crippen molar-refractivity contribution in [2.24, 2.45) is 0 Å². The van der Waals surface area contributed by atoms with Crippen molar-refractivity contribution < 1.29 is 27.1 Å². The number of ether oxygens (including phenoxy) is 2. The highest BCUT2D eigenvalue weighted by Crippen LogP contribution is 2.16. The van der Waals surface area contributed by atoms with Gasteiger partial charge in [-0.1, -0.05) is 19.3 Å². The molecule has 0 saturated heterocycles. The van der Waals surface area contributed by atoms with E-state index in [4.69, 9.17) is 13.9 Å². The molecule has 0 aliphatic rings. The maximum atomic E-state index is 13.5. The topological polar surface area (TPSA) is 27.7 Å². The molecule has 0 spiro atoms. The lowest BCUT2D eigenvalue weighted by Gasteiger charge is -2.17. The van der Waals surface area contributed by atoms with Crippen LogP contribution in [0.4, 0.5) is 13.2 Å². The Hall–Kier alpha value is -0.893. The lowest BCUT2D eigenvalue weighted by Crippen LogP contribution is -2.22. The van der Waals surface area contributed by atoms with E-state index in [2.05, 4.69) is 0 Å². The summed E-state index contributed by atoms with van der Waals surface area (Å²) < 4.78 is 55.6. The fourth-order valence-corrected chi connectivity index (χ4v) is 3.41. The van der Waals surface area contributed by atoms with E-state index in [9.17, 15) is 13.2 Å². The van der Waals surface area contributed by atoms with Gasteiger partial charge in [0.1, 0.15) is 5.82 Å². The molecule has 0 heterocycles. The summed E-state index contributed by atoms with van der Waals surface area (Å²) in [6, 6.07) is 2.59. The third kappa shape index (κ3) is 8.28. The molecular weight excluding hydrogens is 337 g/mol.